The first kappa shape index (κ1) is 24.7. The molecule has 0 fully saturated rings. The van der Waals surface area contributed by atoms with Crippen molar-refractivity contribution in [1.82, 2.24) is 15.0 Å². The highest BCUT2D eigenvalue weighted by molar-refractivity contribution is 6.44. The number of hydrazine groups is 1. The van der Waals surface area contributed by atoms with Crippen molar-refractivity contribution >= 4 is 51.9 Å². The molecule has 5 rings (SSSR count). The number of nitrogens with one attached hydrogen (secondary N) is 1. The Morgan fingerprint density at radius 1 is 1.11 bits per heavy atom. The molecule has 0 spiro atoms. The van der Waals surface area contributed by atoms with Gasteiger partial charge in [-0.2, -0.15) is 5.10 Å². The Kier molecular flexibility index (Phi) is 6.27. The lowest BCUT2D eigenvalue weighted by molar-refractivity contribution is 0.0942. The van der Waals surface area contributed by atoms with Crippen LogP contribution in [0, 0.1) is 5.82 Å². The Labute approximate surface area is 222 Å². The van der Waals surface area contributed by atoms with E-state index in [1.165, 1.54) is 12.3 Å². The molecular weight excluding hydrogens is 526 g/mol. The fourth-order valence-corrected chi connectivity index (χ4v) is 5.18. The number of aromatic nitrogens is 2. The third kappa shape index (κ3) is 4.25. The van der Waals surface area contributed by atoms with E-state index in [2.05, 4.69) is 10.5 Å². The molecule has 0 saturated carbocycles. The number of nitrogens with zero attached hydrogens (tertiary/aromatic N) is 3. The van der Waals surface area contributed by atoms with Crippen LogP contribution in [0.15, 0.2) is 48.7 Å². The molecule has 186 valence electrons. The summed E-state index contributed by atoms with van der Waals surface area (Å²) in [4.78, 5) is 13.6. The van der Waals surface area contributed by atoms with E-state index in [9.17, 15) is 9.18 Å². The van der Waals surface area contributed by atoms with Crippen LogP contribution in [0.5, 0.6) is 5.75 Å². The summed E-state index contributed by atoms with van der Waals surface area (Å²) in [5.74, 6) is -0.178. The quantitative estimate of drug-likeness (QED) is 0.282. The number of anilines is 1. The minimum atomic E-state index is -0.553. The van der Waals surface area contributed by atoms with Gasteiger partial charge in [-0.1, -0.05) is 67.7 Å². The number of carbonyl (C=O) groups excluding carboxylic acids is 1. The molecule has 1 N–H and O–H groups in total. The number of amides is 1. The highest BCUT2D eigenvalue weighted by Crippen LogP contribution is 2.41. The summed E-state index contributed by atoms with van der Waals surface area (Å²) >= 11 is 19.2. The SMILES string of the molecule is CC(C)(C)c1c(C(=O)NN2CCOc3ccccc32)cnn2c(-c3cc(F)cc(Cl)c3Cl)c(Cl)cc12. The van der Waals surface area contributed by atoms with Crippen LogP contribution >= 0.6 is 34.8 Å². The molecule has 10 heteroatoms. The maximum Gasteiger partial charge on any atom is 0.271 e. The summed E-state index contributed by atoms with van der Waals surface area (Å²) in [5, 5.41) is 6.81. The predicted octanol–water partition coefficient (Wildman–Crippen LogP) is 6.94. The summed E-state index contributed by atoms with van der Waals surface area (Å²) in [6.07, 6.45) is 1.49. The van der Waals surface area contributed by atoms with Crippen LogP contribution in [0.2, 0.25) is 15.1 Å². The standard InChI is InChI=1S/C26H22Cl3FN4O2/c1-26(2,3)22-16(25(35)32-33-8-9-36-21-7-5-4-6-19(21)33)13-31-34-20(22)12-18(28)24(34)15-10-14(30)11-17(27)23(15)29/h4-7,10-13H,8-9H2,1-3H3,(H,32,35). The lowest BCUT2D eigenvalue weighted by Gasteiger charge is -2.32. The number of hydrogen-bond donors (Lipinski definition) is 1. The van der Waals surface area contributed by atoms with E-state index in [4.69, 9.17) is 39.5 Å². The summed E-state index contributed by atoms with van der Waals surface area (Å²) in [6.45, 7) is 6.92. The van der Waals surface area contributed by atoms with Crippen LogP contribution in [0.4, 0.5) is 10.1 Å². The first-order chi connectivity index (χ1) is 17.1. The third-order valence-electron chi connectivity index (χ3n) is 5.97. The first-order valence-corrected chi connectivity index (χ1v) is 12.4. The van der Waals surface area contributed by atoms with E-state index >= 15 is 0 Å². The van der Waals surface area contributed by atoms with Crippen LogP contribution in [0.3, 0.4) is 0 Å². The van der Waals surface area contributed by atoms with Gasteiger partial charge in [-0.25, -0.2) is 8.91 Å². The van der Waals surface area contributed by atoms with E-state index in [0.29, 0.717) is 46.3 Å². The second-order valence-corrected chi connectivity index (χ2v) is 10.7. The maximum atomic E-state index is 14.2. The molecule has 1 aliphatic rings. The van der Waals surface area contributed by atoms with Crippen molar-refractivity contribution in [2.75, 3.05) is 18.2 Å². The van der Waals surface area contributed by atoms with E-state index in [-0.39, 0.29) is 16.0 Å². The van der Waals surface area contributed by atoms with Gasteiger partial charge in [0.2, 0.25) is 0 Å². The Morgan fingerprint density at radius 2 is 1.86 bits per heavy atom. The predicted molar refractivity (Wildman–Crippen MR) is 141 cm³/mol. The first-order valence-electron chi connectivity index (χ1n) is 11.2. The molecule has 6 nitrogen and oxygen atoms in total. The Morgan fingerprint density at radius 3 is 2.61 bits per heavy atom. The Balaban J connectivity index is 1.64. The lowest BCUT2D eigenvalue weighted by atomic mass is 9.84. The maximum absolute atomic E-state index is 14.2. The normalized spacial score (nSPS) is 13.5. The average molecular weight is 548 g/mol. The van der Waals surface area contributed by atoms with Crippen LogP contribution in [0.1, 0.15) is 36.7 Å². The van der Waals surface area contributed by atoms with Gasteiger partial charge in [0.05, 0.1) is 50.3 Å². The molecular formula is C26H22Cl3FN4O2. The number of ether oxygens (including phenoxy) is 1. The van der Waals surface area contributed by atoms with Crippen molar-refractivity contribution in [3.8, 4) is 17.0 Å². The zero-order chi connectivity index (χ0) is 25.8. The number of halogens is 4. The van der Waals surface area contributed by atoms with Crippen molar-refractivity contribution < 1.29 is 13.9 Å². The van der Waals surface area contributed by atoms with E-state index in [1.54, 1.807) is 15.6 Å². The second-order valence-electron chi connectivity index (χ2n) is 9.48. The number of benzene rings is 2. The van der Waals surface area contributed by atoms with Crippen molar-refractivity contribution in [2.45, 2.75) is 26.2 Å². The van der Waals surface area contributed by atoms with Gasteiger partial charge in [-0.05, 0) is 41.3 Å². The molecule has 3 heterocycles. The van der Waals surface area contributed by atoms with Crippen molar-refractivity contribution in [1.29, 1.82) is 0 Å². The van der Waals surface area contributed by atoms with Gasteiger partial charge >= 0.3 is 0 Å². The molecule has 0 atom stereocenters. The monoisotopic (exact) mass is 546 g/mol. The molecule has 0 unspecified atom stereocenters. The van der Waals surface area contributed by atoms with Crippen molar-refractivity contribution in [3.05, 3.63) is 80.7 Å². The smallest absolute Gasteiger partial charge is 0.271 e. The molecule has 2 aromatic carbocycles. The van der Waals surface area contributed by atoms with Crippen LogP contribution in [-0.2, 0) is 5.41 Å². The van der Waals surface area contributed by atoms with Gasteiger partial charge < -0.3 is 4.74 Å². The number of para-hydroxylation sites is 2. The van der Waals surface area contributed by atoms with E-state index in [1.807, 2.05) is 45.0 Å². The molecule has 0 radical (unpaired) electrons. The summed E-state index contributed by atoms with van der Waals surface area (Å²) < 4.78 is 21.5. The molecule has 1 amide bonds. The highest BCUT2D eigenvalue weighted by Gasteiger charge is 2.30. The van der Waals surface area contributed by atoms with Gasteiger partial charge in [-0.15, -0.1) is 0 Å². The minimum Gasteiger partial charge on any atom is -0.489 e. The fourth-order valence-electron chi connectivity index (χ4n) is 4.49. The van der Waals surface area contributed by atoms with E-state index < -0.39 is 11.2 Å². The summed E-state index contributed by atoms with van der Waals surface area (Å²) in [7, 11) is 0. The lowest BCUT2D eigenvalue weighted by Crippen LogP contribution is -2.47. The number of hydrogen-bond acceptors (Lipinski definition) is 4. The minimum absolute atomic E-state index is 0.0653. The highest BCUT2D eigenvalue weighted by atomic mass is 35.5. The fraction of sp³-hybridized carbons (Fsp3) is 0.231. The molecule has 0 bridgehead atoms. The van der Waals surface area contributed by atoms with Crippen LogP contribution in [0.25, 0.3) is 16.8 Å². The topological polar surface area (TPSA) is 58.9 Å². The zero-order valence-electron chi connectivity index (χ0n) is 19.7. The molecule has 36 heavy (non-hydrogen) atoms. The molecule has 1 aliphatic heterocycles. The van der Waals surface area contributed by atoms with Crippen molar-refractivity contribution in [2.24, 2.45) is 0 Å². The summed E-state index contributed by atoms with van der Waals surface area (Å²) in [6, 6.07) is 11.6. The van der Waals surface area contributed by atoms with Crippen LogP contribution < -0.4 is 15.2 Å². The zero-order valence-corrected chi connectivity index (χ0v) is 22.0. The molecule has 4 aromatic rings. The van der Waals surface area contributed by atoms with Gasteiger partial charge in [0.1, 0.15) is 18.2 Å². The number of carbonyl (C=O) groups is 1. The molecule has 0 saturated heterocycles. The Hall–Kier alpha value is -3.00. The largest absolute Gasteiger partial charge is 0.489 e. The van der Waals surface area contributed by atoms with E-state index in [0.717, 1.165) is 17.3 Å². The van der Waals surface area contributed by atoms with Crippen molar-refractivity contribution in [3.63, 3.8) is 0 Å². The Bertz CT molecular complexity index is 1510. The second kappa shape index (κ2) is 9.14. The third-order valence-corrected chi connectivity index (χ3v) is 7.06. The number of rotatable bonds is 3. The van der Waals surface area contributed by atoms with Gasteiger partial charge in [0, 0.05) is 5.56 Å². The van der Waals surface area contributed by atoms with Gasteiger partial charge in [0.15, 0.2) is 0 Å². The molecule has 0 aliphatic carbocycles. The average Bonchev–Trinajstić information content (AvgIpc) is 3.15. The summed E-state index contributed by atoms with van der Waals surface area (Å²) in [5.41, 5.74) is 5.71. The van der Waals surface area contributed by atoms with Gasteiger partial charge in [0.25, 0.3) is 5.91 Å². The van der Waals surface area contributed by atoms with Gasteiger partial charge in [-0.3, -0.25) is 15.2 Å². The number of fused-ring (bicyclic) bond motifs is 2. The molecule has 2 aromatic heterocycles. The van der Waals surface area contributed by atoms with Crippen LogP contribution in [-0.4, -0.2) is 28.7 Å².